The third-order valence-corrected chi connectivity index (χ3v) is 6.45. The molecule has 9 nitrogen and oxygen atoms in total. The minimum Gasteiger partial charge on any atom is -0.497 e. The van der Waals surface area contributed by atoms with Crippen LogP contribution in [0.15, 0.2) is 53.7 Å². The normalized spacial score (nSPS) is 10.7. The SMILES string of the molecule is COc1ccc(Cn2nnnc2SCC(=O)Nc2c(C#N)c(C)c(C)n2-c2ccc(F)cc2)cc1. The van der Waals surface area contributed by atoms with Gasteiger partial charge in [0.05, 0.1) is 25.0 Å². The third kappa shape index (κ3) is 5.17. The predicted molar refractivity (Wildman–Crippen MR) is 129 cm³/mol. The molecule has 0 aliphatic rings. The molecule has 0 bridgehead atoms. The summed E-state index contributed by atoms with van der Waals surface area (Å²) in [5.41, 5.74) is 3.49. The fourth-order valence-electron chi connectivity index (χ4n) is 3.58. The van der Waals surface area contributed by atoms with Gasteiger partial charge in [0.1, 0.15) is 23.5 Å². The summed E-state index contributed by atoms with van der Waals surface area (Å²) >= 11 is 1.18. The highest BCUT2D eigenvalue weighted by Gasteiger charge is 2.21. The van der Waals surface area contributed by atoms with Crippen molar-refractivity contribution in [3.63, 3.8) is 0 Å². The van der Waals surface area contributed by atoms with Gasteiger partial charge in [-0.1, -0.05) is 23.9 Å². The standard InChI is InChI=1S/C24H22FN7O2S/c1-15-16(2)32(19-8-6-18(25)7-9-19)23(21(15)12-26)27-22(33)14-35-24-28-29-30-31(24)13-17-4-10-20(34-3)11-5-17/h4-11H,13-14H2,1-3H3,(H,27,33). The van der Waals surface area contributed by atoms with Crippen LogP contribution in [-0.4, -0.2) is 43.5 Å². The fourth-order valence-corrected chi connectivity index (χ4v) is 4.25. The Morgan fingerprint density at radius 2 is 1.89 bits per heavy atom. The largest absolute Gasteiger partial charge is 0.497 e. The first-order chi connectivity index (χ1) is 16.9. The van der Waals surface area contributed by atoms with Gasteiger partial charge in [0.15, 0.2) is 0 Å². The van der Waals surface area contributed by atoms with Crippen molar-refractivity contribution in [2.24, 2.45) is 0 Å². The number of carbonyl (C=O) groups is 1. The number of ether oxygens (including phenoxy) is 1. The van der Waals surface area contributed by atoms with Crippen molar-refractivity contribution < 1.29 is 13.9 Å². The van der Waals surface area contributed by atoms with E-state index in [1.807, 2.05) is 38.1 Å². The lowest BCUT2D eigenvalue weighted by molar-refractivity contribution is -0.113. The van der Waals surface area contributed by atoms with Gasteiger partial charge in [0.2, 0.25) is 11.1 Å². The third-order valence-electron chi connectivity index (χ3n) is 5.49. The molecule has 2 aromatic carbocycles. The number of rotatable bonds is 8. The van der Waals surface area contributed by atoms with Gasteiger partial charge in [-0.3, -0.25) is 9.36 Å². The average molecular weight is 492 g/mol. The summed E-state index contributed by atoms with van der Waals surface area (Å²) in [7, 11) is 1.61. The molecule has 0 atom stereocenters. The molecule has 0 radical (unpaired) electrons. The van der Waals surface area contributed by atoms with E-state index in [9.17, 15) is 14.4 Å². The highest BCUT2D eigenvalue weighted by Crippen LogP contribution is 2.30. The molecule has 35 heavy (non-hydrogen) atoms. The zero-order chi connectivity index (χ0) is 24.9. The number of hydrogen-bond acceptors (Lipinski definition) is 7. The van der Waals surface area contributed by atoms with Crippen molar-refractivity contribution in [1.82, 2.24) is 24.8 Å². The van der Waals surface area contributed by atoms with E-state index >= 15 is 0 Å². The van der Waals surface area contributed by atoms with Crippen LogP contribution in [0.5, 0.6) is 5.75 Å². The molecule has 0 spiro atoms. The number of anilines is 1. The van der Waals surface area contributed by atoms with Crippen molar-refractivity contribution >= 4 is 23.5 Å². The van der Waals surface area contributed by atoms with Crippen molar-refractivity contribution in [2.45, 2.75) is 25.5 Å². The van der Waals surface area contributed by atoms with E-state index in [-0.39, 0.29) is 17.5 Å². The topological polar surface area (TPSA) is 111 Å². The molecule has 0 saturated heterocycles. The van der Waals surface area contributed by atoms with Crippen LogP contribution in [0.1, 0.15) is 22.4 Å². The lowest BCUT2D eigenvalue weighted by Gasteiger charge is -2.13. The Labute approximate surface area is 205 Å². The smallest absolute Gasteiger partial charge is 0.236 e. The molecule has 0 aliphatic carbocycles. The summed E-state index contributed by atoms with van der Waals surface area (Å²) < 4.78 is 22.0. The first kappa shape index (κ1) is 24.0. The molecule has 0 fully saturated rings. The van der Waals surface area contributed by atoms with Gasteiger partial charge in [0.25, 0.3) is 0 Å². The van der Waals surface area contributed by atoms with E-state index in [4.69, 9.17) is 4.74 Å². The number of benzene rings is 2. The van der Waals surface area contributed by atoms with Crippen LogP contribution in [0.25, 0.3) is 5.69 Å². The van der Waals surface area contributed by atoms with E-state index in [0.29, 0.717) is 28.8 Å². The zero-order valence-electron chi connectivity index (χ0n) is 19.3. The lowest BCUT2D eigenvalue weighted by atomic mass is 10.2. The number of amides is 1. The molecule has 0 unspecified atom stereocenters. The minimum absolute atomic E-state index is 0.0283. The Kier molecular flexibility index (Phi) is 7.12. The highest BCUT2D eigenvalue weighted by molar-refractivity contribution is 7.99. The summed E-state index contributed by atoms with van der Waals surface area (Å²) in [5, 5.41) is 24.8. The van der Waals surface area contributed by atoms with Crippen molar-refractivity contribution in [3.05, 3.63) is 76.7 Å². The molecule has 4 aromatic rings. The predicted octanol–water partition coefficient (Wildman–Crippen LogP) is 3.88. The van der Waals surface area contributed by atoms with Gasteiger partial charge < -0.3 is 10.1 Å². The maximum absolute atomic E-state index is 13.4. The van der Waals surface area contributed by atoms with Gasteiger partial charge >= 0.3 is 0 Å². The van der Waals surface area contributed by atoms with Crippen molar-refractivity contribution in [1.29, 1.82) is 5.26 Å². The summed E-state index contributed by atoms with van der Waals surface area (Å²) in [4.78, 5) is 12.9. The molecule has 1 amide bonds. The average Bonchev–Trinajstić information content (AvgIpc) is 3.40. The number of halogens is 1. The summed E-state index contributed by atoms with van der Waals surface area (Å²) in [5.74, 6) is 0.430. The van der Waals surface area contributed by atoms with E-state index in [1.54, 1.807) is 28.5 Å². The number of tetrazole rings is 1. The first-order valence-corrected chi connectivity index (χ1v) is 11.6. The minimum atomic E-state index is -0.370. The monoisotopic (exact) mass is 491 g/mol. The Morgan fingerprint density at radius 1 is 1.17 bits per heavy atom. The van der Waals surface area contributed by atoms with E-state index in [1.165, 1.54) is 23.9 Å². The van der Waals surface area contributed by atoms with Gasteiger partial charge in [-0.25, -0.2) is 9.07 Å². The maximum atomic E-state index is 13.4. The molecule has 1 N–H and O–H groups in total. The molecule has 2 heterocycles. The number of carbonyl (C=O) groups excluding carboxylic acids is 1. The Morgan fingerprint density at radius 3 is 2.54 bits per heavy atom. The molecule has 178 valence electrons. The molecular formula is C24H22FN7O2S. The maximum Gasteiger partial charge on any atom is 0.236 e. The number of methoxy groups -OCH3 is 1. The molecule has 2 aromatic heterocycles. The van der Waals surface area contributed by atoms with Gasteiger partial charge in [-0.15, -0.1) is 5.10 Å². The van der Waals surface area contributed by atoms with Gasteiger partial charge in [0, 0.05) is 11.4 Å². The summed E-state index contributed by atoms with van der Waals surface area (Å²) in [6.45, 7) is 4.09. The van der Waals surface area contributed by atoms with Gasteiger partial charge in [-0.2, -0.15) is 5.26 Å². The zero-order valence-corrected chi connectivity index (χ0v) is 20.1. The second kappa shape index (κ2) is 10.4. The quantitative estimate of drug-likeness (QED) is 0.372. The number of nitrogens with one attached hydrogen (secondary N) is 1. The van der Waals surface area contributed by atoms with E-state index in [2.05, 4.69) is 26.9 Å². The molecule has 0 aliphatic heterocycles. The molecular weight excluding hydrogens is 469 g/mol. The van der Waals surface area contributed by atoms with Crippen molar-refractivity contribution in [2.75, 3.05) is 18.2 Å². The van der Waals surface area contributed by atoms with Crippen LogP contribution in [-0.2, 0) is 11.3 Å². The number of aromatic nitrogens is 5. The Hall–Kier alpha value is -4.17. The van der Waals surface area contributed by atoms with E-state index in [0.717, 1.165) is 22.6 Å². The first-order valence-electron chi connectivity index (χ1n) is 10.6. The Bertz CT molecular complexity index is 1390. The highest BCUT2D eigenvalue weighted by atomic mass is 32.2. The van der Waals surface area contributed by atoms with Gasteiger partial charge in [-0.05, 0) is 71.8 Å². The second-order valence-electron chi connectivity index (χ2n) is 7.66. The van der Waals surface area contributed by atoms with Crippen LogP contribution >= 0.6 is 11.8 Å². The van der Waals surface area contributed by atoms with Crippen LogP contribution in [0.3, 0.4) is 0 Å². The summed E-state index contributed by atoms with van der Waals surface area (Å²) in [6.07, 6.45) is 0. The number of nitrogens with zero attached hydrogens (tertiary/aromatic N) is 6. The van der Waals surface area contributed by atoms with Crippen LogP contribution in [0.2, 0.25) is 0 Å². The van der Waals surface area contributed by atoms with Crippen LogP contribution in [0.4, 0.5) is 10.2 Å². The van der Waals surface area contributed by atoms with Crippen LogP contribution < -0.4 is 10.1 Å². The fraction of sp³-hybridized carbons (Fsp3) is 0.208. The number of hydrogen-bond donors (Lipinski definition) is 1. The molecule has 4 rings (SSSR count). The second-order valence-corrected chi connectivity index (χ2v) is 8.60. The van der Waals surface area contributed by atoms with Crippen LogP contribution in [0, 0.1) is 31.0 Å². The Balaban J connectivity index is 1.49. The molecule has 0 saturated carbocycles. The molecule has 11 heteroatoms. The number of nitriles is 1. The summed E-state index contributed by atoms with van der Waals surface area (Å²) in [6, 6.07) is 15.6. The van der Waals surface area contributed by atoms with Crippen molar-refractivity contribution in [3.8, 4) is 17.5 Å². The van der Waals surface area contributed by atoms with E-state index < -0.39 is 0 Å². The number of thioether (sulfide) groups is 1. The lowest BCUT2D eigenvalue weighted by Crippen LogP contribution is -2.18.